The van der Waals surface area contributed by atoms with E-state index in [2.05, 4.69) is 20.7 Å². The zero-order valence-corrected chi connectivity index (χ0v) is 16.0. The number of urea groups is 1. The summed E-state index contributed by atoms with van der Waals surface area (Å²) in [6, 6.07) is 0.392. The number of unbranched alkanes of at least 4 members (excludes halogenated alkanes) is 1. The first-order chi connectivity index (χ1) is 13.1. The molecule has 0 unspecified atom stereocenters. The van der Waals surface area contributed by atoms with Gasteiger partial charge in [-0.05, 0) is 18.4 Å². The molecule has 27 heavy (non-hydrogen) atoms. The van der Waals surface area contributed by atoms with Crippen LogP contribution < -0.4 is 10.6 Å². The summed E-state index contributed by atoms with van der Waals surface area (Å²) in [7, 11) is 0. The molecule has 3 rings (SSSR count). The lowest BCUT2D eigenvalue weighted by molar-refractivity contribution is -0.138. The fraction of sp³-hybridized carbons (Fsp3) is 0.812. The van der Waals surface area contributed by atoms with E-state index in [0.717, 1.165) is 25.0 Å². The number of nitrogens with one attached hydrogen (secondary N) is 2. The Morgan fingerprint density at radius 1 is 1.15 bits per heavy atom. The number of nitrogens with zero attached hydrogens (tertiary/aromatic N) is 5. The van der Waals surface area contributed by atoms with E-state index in [9.17, 15) is 14.4 Å². The minimum absolute atomic E-state index is 0.0671. The largest absolute Gasteiger partial charge is 0.339 e. The highest BCUT2D eigenvalue weighted by Gasteiger charge is 2.42. The fourth-order valence-corrected chi connectivity index (χ4v) is 5.36. The summed E-state index contributed by atoms with van der Waals surface area (Å²) in [6.07, 6.45) is 3.32. The van der Waals surface area contributed by atoms with E-state index in [4.69, 9.17) is 5.53 Å². The molecule has 148 valence electrons. The van der Waals surface area contributed by atoms with Crippen molar-refractivity contribution in [1.82, 2.24) is 20.4 Å². The number of rotatable bonds is 7. The van der Waals surface area contributed by atoms with Gasteiger partial charge in [-0.15, -0.1) is 0 Å². The Hall–Kier alpha value is -2.13. The molecular formula is C16H25N7O3S. The third kappa shape index (κ3) is 4.98. The summed E-state index contributed by atoms with van der Waals surface area (Å²) in [5.74, 6) is 0.890. The van der Waals surface area contributed by atoms with E-state index in [0.29, 0.717) is 37.8 Å². The van der Waals surface area contributed by atoms with Gasteiger partial charge < -0.3 is 20.4 Å². The van der Waals surface area contributed by atoms with Crippen LogP contribution in [0.3, 0.4) is 0 Å². The second kappa shape index (κ2) is 9.18. The predicted molar refractivity (Wildman–Crippen MR) is 101 cm³/mol. The van der Waals surface area contributed by atoms with Crippen LogP contribution in [0.5, 0.6) is 0 Å². The molecule has 0 bridgehead atoms. The quantitative estimate of drug-likeness (QED) is 0.216. The second-order valence-corrected chi connectivity index (χ2v) is 8.29. The van der Waals surface area contributed by atoms with E-state index in [-0.39, 0.29) is 36.5 Å². The molecule has 0 aromatic carbocycles. The van der Waals surface area contributed by atoms with E-state index in [1.807, 2.05) is 11.8 Å². The van der Waals surface area contributed by atoms with Crippen LogP contribution in [0.1, 0.15) is 25.7 Å². The molecule has 0 aromatic heterocycles. The summed E-state index contributed by atoms with van der Waals surface area (Å²) in [5, 5.41) is 9.64. The van der Waals surface area contributed by atoms with Crippen molar-refractivity contribution in [2.45, 2.75) is 43.0 Å². The Balaban J connectivity index is 1.31. The average Bonchev–Trinajstić information content (AvgIpc) is 3.22. The molecule has 3 aliphatic rings. The van der Waals surface area contributed by atoms with Crippen LogP contribution in [0.15, 0.2) is 5.11 Å². The first-order valence-corrected chi connectivity index (χ1v) is 10.4. The maximum absolute atomic E-state index is 12.4. The van der Waals surface area contributed by atoms with Crippen molar-refractivity contribution < 1.29 is 14.4 Å². The Bertz CT molecular complexity index is 632. The third-order valence-electron chi connectivity index (χ3n) is 5.32. The molecule has 10 nitrogen and oxygen atoms in total. The summed E-state index contributed by atoms with van der Waals surface area (Å²) in [6.45, 7) is 1.86. The van der Waals surface area contributed by atoms with Gasteiger partial charge in [0.2, 0.25) is 11.8 Å². The number of amides is 4. The van der Waals surface area contributed by atoms with Crippen LogP contribution in [0.25, 0.3) is 10.4 Å². The van der Waals surface area contributed by atoms with Gasteiger partial charge in [0.25, 0.3) is 0 Å². The number of fused-ring (bicyclic) bond motifs is 1. The van der Waals surface area contributed by atoms with Gasteiger partial charge in [-0.3, -0.25) is 9.59 Å². The maximum Gasteiger partial charge on any atom is 0.315 e. The lowest BCUT2D eigenvalue weighted by atomic mass is 10.0. The molecule has 11 heteroatoms. The number of hydrogen-bond acceptors (Lipinski definition) is 5. The van der Waals surface area contributed by atoms with Crippen LogP contribution in [-0.2, 0) is 9.59 Å². The van der Waals surface area contributed by atoms with Gasteiger partial charge in [-0.2, -0.15) is 11.8 Å². The second-order valence-electron chi connectivity index (χ2n) is 7.02. The number of thioether (sulfide) groups is 1. The van der Waals surface area contributed by atoms with Crippen LogP contribution in [0.2, 0.25) is 0 Å². The van der Waals surface area contributed by atoms with Gasteiger partial charge in [0, 0.05) is 48.5 Å². The van der Waals surface area contributed by atoms with Crippen molar-refractivity contribution in [3.63, 3.8) is 0 Å². The monoisotopic (exact) mass is 395 g/mol. The zero-order chi connectivity index (χ0) is 19.2. The standard InChI is InChI=1S/C16H25N7O3S/c17-21-18-9-14(25)23-7-5-22(6-8-23)13(24)4-2-1-3-12-15-11(10-27-12)19-16(26)20-15/h11-12,15H,1-10H2,(H2,19,20,26)/t11-,12-,15-/m0/s1. The van der Waals surface area contributed by atoms with E-state index >= 15 is 0 Å². The molecule has 3 fully saturated rings. The molecule has 2 N–H and O–H groups in total. The number of hydrogen-bond donors (Lipinski definition) is 2. The highest BCUT2D eigenvalue weighted by atomic mass is 32.2. The van der Waals surface area contributed by atoms with Gasteiger partial charge in [-0.1, -0.05) is 11.5 Å². The van der Waals surface area contributed by atoms with Crippen molar-refractivity contribution in [2.24, 2.45) is 5.11 Å². The van der Waals surface area contributed by atoms with E-state index in [1.165, 1.54) is 0 Å². The SMILES string of the molecule is [N-]=[N+]=NCC(=O)N1CCN(C(=O)CCCC[C@@H]2SC[C@@H]3NC(=O)N[C@@H]32)CC1. The minimum atomic E-state index is -0.194. The minimum Gasteiger partial charge on any atom is -0.339 e. The number of piperazine rings is 1. The maximum atomic E-state index is 12.4. The summed E-state index contributed by atoms with van der Waals surface area (Å²) in [4.78, 5) is 41.6. The zero-order valence-electron chi connectivity index (χ0n) is 15.2. The van der Waals surface area contributed by atoms with Gasteiger partial charge >= 0.3 is 6.03 Å². The highest BCUT2D eigenvalue weighted by molar-refractivity contribution is 8.00. The summed E-state index contributed by atoms with van der Waals surface area (Å²) in [5.41, 5.74) is 8.27. The van der Waals surface area contributed by atoms with Crippen LogP contribution in [0.4, 0.5) is 4.79 Å². The molecule has 3 aliphatic heterocycles. The molecule has 0 aromatic rings. The number of carbonyl (C=O) groups is 3. The first-order valence-electron chi connectivity index (χ1n) is 9.33. The summed E-state index contributed by atoms with van der Waals surface area (Å²) < 4.78 is 0. The van der Waals surface area contributed by atoms with Crippen LogP contribution in [-0.4, -0.2) is 83.5 Å². The Morgan fingerprint density at radius 3 is 2.56 bits per heavy atom. The van der Waals surface area contributed by atoms with Crippen LogP contribution in [0, 0.1) is 0 Å². The van der Waals surface area contributed by atoms with Gasteiger partial charge in [-0.25, -0.2) is 4.79 Å². The normalized spacial score (nSPS) is 26.8. The van der Waals surface area contributed by atoms with Crippen molar-refractivity contribution in [3.8, 4) is 0 Å². The molecule has 0 spiro atoms. The van der Waals surface area contributed by atoms with Gasteiger partial charge in [0.05, 0.1) is 12.1 Å². The topological polar surface area (TPSA) is 131 Å². The lowest BCUT2D eigenvalue weighted by Gasteiger charge is -2.34. The van der Waals surface area contributed by atoms with Crippen molar-refractivity contribution in [2.75, 3.05) is 38.5 Å². The van der Waals surface area contributed by atoms with Crippen molar-refractivity contribution in [3.05, 3.63) is 10.4 Å². The first kappa shape index (κ1) is 19.6. The van der Waals surface area contributed by atoms with Crippen molar-refractivity contribution >= 4 is 29.6 Å². The molecule has 3 saturated heterocycles. The molecular weight excluding hydrogens is 370 g/mol. The van der Waals surface area contributed by atoms with Gasteiger partial charge in [0.15, 0.2) is 0 Å². The summed E-state index contributed by atoms with van der Waals surface area (Å²) >= 11 is 1.89. The Kier molecular flexibility index (Phi) is 6.68. The van der Waals surface area contributed by atoms with E-state index in [1.54, 1.807) is 9.80 Å². The van der Waals surface area contributed by atoms with Gasteiger partial charge in [0.1, 0.15) is 6.54 Å². The van der Waals surface area contributed by atoms with Crippen LogP contribution >= 0.6 is 11.8 Å². The fourth-order valence-electron chi connectivity index (χ4n) is 3.82. The van der Waals surface area contributed by atoms with E-state index < -0.39 is 0 Å². The smallest absolute Gasteiger partial charge is 0.315 e. The Labute approximate surface area is 162 Å². The number of carbonyl (C=O) groups excluding carboxylic acids is 3. The third-order valence-corrected chi connectivity index (χ3v) is 6.83. The number of azide groups is 1. The highest BCUT2D eigenvalue weighted by Crippen LogP contribution is 2.33. The van der Waals surface area contributed by atoms with Crippen molar-refractivity contribution in [1.29, 1.82) is 0 Å². The average molecular weight is 395 g/mol. The molecule has 0 saturated carbocycles. The lowest BCUT2D eigenvalue weighted by Crippen LogP contribution is -2.51. The molecule has 4 amide bonds. The molecule has 0 radical (unpaired) electrons. The molecule has 3 atom stereocenters. The Morgan fingerprint density at radius 2 is 1.85 bits per heavy atom. The molecule has 3 heterocycles. The molecule has 0 aliphatic carbocycles. The predicted octanol–water partition coefficient (Wildman–Crippen LogP) is 0.693.